The maximum atomic E-state index is 6.08. The third kappa shape index (κ3) is 4.50. The van der Waals surface area contributed by atoms with Gasteiger partial charge in [-0.05, 0) is 56.6 Å². The molecule has 0 fully saturated rings. The van der Waals surface area contributed by atoms with Gasteiger partial charge in [-0.15, -0.1) is 0 Å². The van der Waals surface area contributed by atoms with Crippen LogP contribution >= 0.6 is 11.6 Å². The molecular weight excluding hydrogens is 380 g/mol. The van der Waals surface area contributed by atoms with Gasteiger partial charge in [0.15, 0.2) is 5.65 Å². The quantitative estimate of drug-likeness (QED) is 0.386. The Morgan fingerprint density at radius 3 is 2.48 bits per heavy atom. The number of nitrogens with zero attached hydrogens (tertiary/aromatic N) is 3. The van der Waals surface area contributed by atoms with E-state index in [1.807, 2.05) is 60.2 Å². The third-order valence-corrected chi connectivity index (χ3v) is 5.38. The second-order valence-corrected chi connectivity index (χ2v) is 7.65. The van der Waals surface area contributed by atoms with E-state index in [4.69, 9.17) is 16.6 Å². The van der Waals surface area contributed by atoms with Crippen LogP contribution < -0.4 is 5.32 Å². The van der Waals surface area contributed by atoms with E-state index in [0.29, 0.717) is 0 Å². The van der Waals surface area contributed by atoms with E-state index in [1.165, 1.54) is 18.5 Å². The first kappa shape index (κ1) is 19.6. The summed E-state index contributed by atoms with van der Waals surface area (Å²) >= 11 is 6.08. The molecule has 0 aliphatic carbocycles. The average molecular weight is 405 g/mol. The second-order valence-electron chi connectivity index (χ2n) is 7.21. The van der Waals surface area contributed by atoms with Crippen molar-refractivity contribution in [1.29, 1.82) is 0 Å². The normalized spacial score (nSPS) is 11.2. The zero-order valence-corrected chi connectivity index (χ0v) is 17.4. The lowest BCUT2D eigenvalue weighted by Gasteiger charge is -2.10. The molecule has 0 bridgehead atoms. The average Bonchev–Trinajstić information content (AvgIpc) is 3.19. The molecule has 2 heterocycles. The Kier molecular flexibility index (Phi) is 6.23. The molecule has 0 saturated carbocycles. The molecule has 0 aliphatic rings. The van der Waals surface area contributed by atoms with Crippen LogP contribution in [0.3, 0.4) is 0 Å². The van der Waals surface area contributed by atoms with Crippen molar-refractivity contribution >= 4 is 17.2 Å². The van der Waals surface area contributed by atoms with Crippen LogP contribution in [0.5, 0.6) is 0 Å². The van der Waals surface area contributed by atoms with Crippen molar-refractivity contribution in [3.05, 3.63) is 77.6 Å². The molecule has 0 amide bonds. The van der Waals surface area contributed by atoms with Gasteiger partial charge in [0.25, 0.3) is 0 Å². The van der Waals surface area contributed by atoms with Gasteiger partial charge in [0.2, 0.25) is 0 Å². The minimum Gasteiger partial charge on any atom is -0.320 e. The van der Waals surface area contributed by atoms with Crippen LogP contribution in [0, 0.1) is 0 Å². The van der Waals surface area contributed by atoms with Gasteiger partial charge < -0.3 is 5.32 Å². The fraction of sp³-hybridized carbons (Fsp3) is 0.250. The summed E-state index contributed by atoms with van der Waals surface area (Å²) in [5, 5.41) is 8.62. The van der Waals surface area contributed by atoms with Crippen LogP contribution in [-0.4, -0.2) is 28.2 Å². The first-order chi connectivity index (χ1) is 14.3. The summed E-state index contributed by atoms with van der Waals surface area (Å²) in [5.74, 6) is 0. The molecule has 1 N–H and O–H groups in total. The predicted molar refractivity (Wildman–Crippen MR) is 120 cm³/mol. The van der Waals surface area contributed by atoms with Crippen LogP contribution in [0.1, 0.15) is 25.0 Å². The molecule has 148 valence electrons. The minimum atomic E-state index is 0.730. The topological polar surface area (TPSA) is 42.2 Å². The lowest BCUT2D eigenvalue weighted by atomic mass is 10.1. The standard InChI is InChI=1S/C24H25ClN4/c1-26-15-7-3-6-10-21-16-23(19-11-13-20(25)14-12-19)28-24-22(17-27-29(21)24)18-8-4-2-5-9-18/h2,4-5,8-9,11-14,16-17,26H,3,6-7,10,15H2,1H3. The fourth-order valence-corrected chi connectivity index (χ4v) is 3.70. The van der Waals surface area contributed by atoms with E-state index >= 15 is 0 Å². The number of nitrogens with one attached hydrogen (secondary N) is 1. The smallest absolute Gasteiger partial charge is 0.163 e. The lowest BCUT2D eigenvalue weighted by molar-refractivity contribution is 0.631. The molecule has 2 aromatic heterocycles. The number of aromatic nitrogens is 3. The lowest BCUT2D eigenvalue weighted by Crippen LogP contribution is -2.07. The first-order valence-corrected chi connectivity index (χ1v) is 10.5. The molecule has 4 nitrogen and oxygen atoms in total. The molecule has 0 unspecified atom stereocenters. The van der Waals surface area contributed by atoms with Gasteiger partial charge in [-0.1, -0.05) is 60.5 Å². The zero-order valence-electron chi connectivity index (χ0n) is 16.6. The van der Waals surface area contributed by atoms with Crippen LogP contribution in [0.2, 0.25) is 5.02 Å². The summed E-state index contributed by atoms with van der Waals surface area (Å²) < 4.78 is 2.00. The third-order valence-electron chi connectivity index (χ3n) is 5.13. The summed E-state index contributed by atoms with van der Waals surface area (Å²) in [5.41, 5.74) is 6.28. The van der Waals surface area contributed by atoms with Gasteiger partial charge in [-0.25, -0.2) is 9.50 Å². The highest BCUT2D eigenvalue weighted by molar-refractivity contribution is 6.30. The minimum absolute atomic E-state index is 0.730. The molecule has 2 aromatic carbocycles. The van der Waals surface area contributed by atoms with Crippen LogP contribution in [0.25, 0.3) is 28.0 Å². The Balaban J connectivity index is 1.75. The van der Waals surface area contributed by atoms with Gasteiger partial charge in [0, 0.05) is 21.8 Å². The molecule has 0 spiro atoms. The Morgan fingerprint density at radius 2 is 1.72 bits per heavy atom. The summed E-state index contributed by atoms with van der Waals surface area (Å²) in [6.45, 7) is 1.06. The van der Waals surface area contributed by atoms with Crippen LogP contribution in [0.4, 0.5) is 0 Å². The number of hydrogen-bond donors (Lipinski definition) is 1. The van der Waals surface area contributed by atoms with Gasteiger partial charge in [0.1, 0.15) is 0 Å². The number of benzene rings is 2. The fourth-order valence-electron chi connectivity index (χ4n) is 3.58. The van der Waals surface area contributed by atoms with E-state index in [2.05, 4.69) is 28.6 Å². The number of aryl methyl sites for hydroxylation is 1. The molecule has 0 atom stereocenters. The van der Waals surface area contributed by atoms with Crippen molar-refractivity contribution in [2.24, 2.45) is 0 Å². The summed E-state index contributed by atoms with van der Waals surface area (Å²) in [7, 11) is 2.00. The first-order valence-electron chi connectivity index (χ1n) is 10.1. The molecule has 0 aliphatic heterocycles. The maximum absolute atomic E-state index is 6.08. The van der Waals surface area contributed by atoms with Crippen LogP contribution in [0.15, 0.2) is 66.9 Å². The SMILES string of the molecule is CNCCCCCc1cc(-c2ccc(Cl)cc2)nc2c(-c3ccccc3)cnn12. The van der Waals surface area contributed by atoms with E-state index in [9.17, 15) is 0 Å². The highest BCUT2D eigenvalue weighted by Crippen LogP contribution is 2.28. The molecule has 0 radical (unpaired) electrons. The zero-order chi connectivity index (χ0) is 20.1. The van der Waals surface area contributed by atoms with Gasteiger partial charge >= 0.3 is 0 Å². The number of hydrogen-bond acceptors (Lipinski definition) is 3. The summed E-state index contributed by atoms with van der Waals surface area (Å²) in [6.07, 6.45) is 6.39. The van der Waals surface area contributed by atoms with Crippen molar-refractivity contribution < 1.29 is 0 Å². The van der Waals surface area contributed by atoms with Crippen molar-refractivity contribution in [1.82, 2.24) is 19.9 Å². The Bertz CT molecular complexity index is 1070. The largest absolute Gasteiger partial charge is 0.320 e. The van der Waals surface area contributed by atoms with Crippen molar-refractivity contribution in [3.8, 4) is 22.4 Å². The Morgan fingerprint density at radius 1 is 0.931 bits per heavy atom. The molecular formula is C24H25ClN4. The Hall–Kier alpha value is -2.69. The molecule has 0 saturated heterocycles. The van der Waals surface area contributed by atoms with E-state index in [0.717, 1.165) is 52.4 Å². The number of halogens is 1. The van der Waals surface area contributed by atoms with Crippen molar-refractivity contribution in [3.63, 3.8) is 0 Å². The van der Waals surface area contributed by atoms with Crippen molar-refractivity contribution in [2.75, 3.05) is 13.6 Å². The number of fused-ring (bicyclic) bond motifs is 1. The molecule has 4 rings (SSSR count). The monoisotopic (exact) mass is 404 g/mol. The van der Waals surface area contributed by atoms with Crippen molar-refractivity contribution in [2.45, 2.75) is 25.7 Å². The van der Waals surface area contributed by atoms with E-state index in [-0.39, 0.29) is 0 Å². The molecule has 4 aromatic rings. The van der Waals surface area contributed by atoms with E-state index in [1.54, 1.807) is 0 Å². The molecule has 29 heavy (non-hydrogen) atoms. The number of unbranched alkanes of at least 4 members (excludes halogenated alkanes) is 2. The number of rotatable bonds is 8. The predicted octanol–water partition coefficient (Wildman–Crippen LogP) is 5.65. The van der Waals surface area contributed by atoms with Gasteiger partial charge in [-0.2, -0.15) is 5.10 Å². The summed E-state index contributed by atoms with van der Waals surface area (Å²) in [6, 6.07) is 20.4. The molecule has 5 heteroatoms. The summed E-state index contributed by atoms with van der Waals surface area (Å²) in [4.78, 5) is 4.98. The maximum Gasteiger partial charge on any atom is 0.163 e. The Labute approximate surface area is 176 Å². The highest BCUT2D eigenvalue weighted by Gasteiger charge is 2.14. The highest BCUT2D eigenvalue weighted by atomic mass is 35.5. The van der Waals surface area contributed by atoms with Gasteiger partial charge in [-0.3, -0.25) is 0 Å². The second kappa shape index (κ2) is 9.21. The van der Waals surface area contributed by atoms with Gasteiger partial charge in [0.05, 0.1) is 11.9 Å². The van der Waals surface area contributed by atoms with E-state index < -0.39 is 0 Å². The van der Waals surface area contributed by atoms with Crippen LogP contribution in [-0.2, 0) is 6.42 Å².